The fraction of sp³-hybridized carbons (Fsp3) is 0.0612. The van der Waals surface area contributed by atoms with Crippen LogP contribution < -0.4 is 29.1 Å². The SMILES string of the molecule is CC(C)(c1ccc(Oc2ccc(N3C(=O)C=CC3=O)cc2)cc1)c1ccc(Oc2ccc(N3C(=O)C=CC3=O)cc2)cc1.O=C1C=CC(=O)N1c1cccc(N2C(=O)C=CC2=O)c1. The van der Waals surface area contributed by atoms with Gasteiger partial charge in [-0.1, -0.05) is 44.2 Å². The Balaban J connectivity index is 0.000000226. The van der Waals surface area contributed by atoms with Crippen LogP contribution in [0.15, 0.2) is 170 Å². The van der Waals surface area contributed by atoms with Crippen molar-refractivity contribution in [3.8, 4) is 23.0 Å². The Morgan fingerprint density at radius 3 is 0.825 bits per heavy atom. The Kier molecular flexibility index (Phi) is 10.9. The maximum absolute atomic E-state index is 11.9. The van der Waals surface area contributed by atoms with E-state index < -0.39 is 23.6 Å². The molecule has 0 atom stereocenters. The Morgan fingerprint density at radius 2 is 0.556 bits per heavy atom. The Bertz CT molecular complexity index is 2590. The number of hydrogen-bond donors (Lipinski definition) is 0. The van der Waals surface area contributed by atoms with Crippen molar-refractivity contribution in [1.29, 1.82) is 0 Å². The van der Waals surface area contributed by atoms with Crippen molar-refractivity contribution in [2.75, 3.05) is 19.6 Å². The minimum atomic E-state index is -0.454. The first kappa shape index (κ1) is 41.0. The fourth-order valence-electron chi connectivity index (χ4n) is 7.03. The maximum Gasteiger partial charge on any atom is 0.258 e. The highest BCUT2D eigenvalue weighted by atomic mass is 16.5. The van der Waals surface area contributed by atoms with E-state index in [0.29, 0.717) is 45.7 Å². The third-order valence-electron chi connectivity index (χ3n) is 10.4. The van der Waals surface area contributed by atoms with Crippen LogP contribution in [0.25, 0.3) is 0 Å². The predicted octanol–water partition coefficient (Wildman–Crippen LogP) is 7.00. The molecule has 5 aromatic carbocycles. The molecule has 310 valence electrons. The van der Waals surface area contributed by atoms with Gasteiger partial charge in [0.15, 0.2) is 0 Å². The molecule has 5 aromatic rings. The molecule has 0 saturated heterocycles. The number of carbonyl (C=O) groups excluding carboxylic acids is 8. The molecule has 14 nitrogen and oxygen atoms in total. The van der Waals surface area contributed by atoms with E-state index in [4.69, 9.17) is 9.47 Å². The average Bonchev–Trinajstić information content (AvgIpc) is 4.02. The Morgan fingerprint density at radius 1 is 0.317 bits per heavy atom. The molecule has 4 aliphatic heterocycles. The number of hydrogen-bond acceptors (Lipinski definition) is 10. The summed E-state index contributed by atoms with van der Waals surface area (Å²) in [5.74, 6) is -0.775. The summed E-state index contributed by atoms with van der Waals surface area (Å²) in [6.07, 6.45) is 9.69. The van der Waals surface area contributed by atoms with Gasteiger partial charge < -0.3 is 9.47 Å². The lowest BCUT2D eigenvalue weighted by Gasteiger charge is -2.26. The molecule has 9 rings (SSSR count). The summed E-state index contributed by atoms with van der Waals surface area (Å²) in [6, 6.07) is 35.4. The highest BCUT2D eigenvalue weighted by Crippen LogP contribution is 2.36. The smallest absolute Gasteiger partial charge is 0.258 e. The summed E-state index contributed by atoms with van der Waals surface area (Å²) in [5, 5.41) is 0. The molecule has 0 N–H and O–H groups in total. The summed E-state index contributed by atoms with van der Waals surface area (Å²) in [6.45, 7) is 4.28. The molecule has 4 aliphatic rings. The minimum Gasteiger partial charge on any atom is -0.457 e. The van der Waals surface area contributed by atoms with Crippen molar-refractivity contribution in [3.63, 3.8) is 0 Å². The molecular formula is C49H34N4O10. The van der Waals surface area contributed by atoms with Gasteiger partial charge in [-0.2, -0.15) is 0 Å². The first-order valence-electron chi connectivity index (χ1n) is 19.4. The molecule has 14 heteroatoms. The largest absolute Gasteiger partial charge is 0.457 e. The van der Waals surface area contributed by atoms with E-state index in [2.05, 4.69) is 13.8 Å². The van der Waals surface area contributed by atoms with E-state index in [0.717, 1.165) is 30.7 Å². The molecular weight excluding hydrogens is 805 g/mol. The standard InChI is InChI=1S/C35H26N2O6.C14H8N2O4/c1-35(2,23-3-11-27(12-4-23)42-29-15-7-25(8-16-29)36-31(38)19-20-32(36)39)24-5-13-28(14-6-24)43-30-17-9-26(10-18-30)37-33(40)21-22-34(37)41;17-11-4-5-12(18)15(11)9-2-1-3-10(8-9)16-13(19)6-7-14(16)20/h3-22H,1-2H3;1-8H. The fourth-order valence-corrected chi connectivity index (χ4v) is 7.03. The maximum atomic E-state index is 11.9. The molecule has 0 saturated carbocycles. The second kappa shape index (κ2) is 16.7. The zero-order valence-electron chi connectivity index (χ0n) is 33.5. The monoisotopic (exact) mass is 838 g/mol. The summed E-state index contributed by atoms with van der Waals surface area (Å²) in [7, 11) is 0. The van der Waals surface area contributed by atoms with Crippen LogP contribution in [-0.4, -0.2) is 47.3 Å². The first-order chi connectivity index (χ1) is 30.3. The molecule has 0 fully saturated rings. The van der Waals surface area contributed by atoms with Crippen LogP contribution in [-0.2, 0) is 43.8 Å². The topological polar surface area (TPSA) is 168 Å². The van der Waals surface area contributed by atoms with E-state index in [1.807, 2.05) is 48.5 Å². The highest BCUT2D eigenvalue weighted by Gasteiger charge is 2.30. The minimum absolute atomic E-state index is 0.300. The van der Waals surface area contributed by atoms with Crippen LogP contribution >= 0.6 is 0 Å². The Hall–Kier alpha value is -8.78. The molecule has 0 unspecified atom stereocenters. The predicted molar refractivity (Wildman–Crippen MR) is 231 cm³/mol. The van der Waals surface area contributed by atoms with Gasteiger partial charge in [0.25, 0.3) is 47.3 Å². The molecule has 8 amide bonds. The van der Waals surface area contributed by atoms with Crippen molar-refractivity contribution < 1.29 is 47.8 Å². The highest BCUT2D eigenvalue weighted by molar-refractivity contribution is 6.31. The van der Waals surface area contributed by atoms with Crippen LogP contribution in [0.5, 0.6) is 23.0 Å². The molecule has 0 aromatic heterocycles. The van der Waals surface area contributed by atoms with Crippen molar-refractivity contribution >= 4 is 70.0 Å². The van der Waals surface area contributed by atoms with Crippen molar-refractivity contribution in [1.82, 2.24) is 0 Å². The van der Waals surface area contributed by atoms with Crippen LogP contribution in [0.1, 0.15) is 25.0 Å². The zero-order valence-corrected chi connectivity index (χ0v) is 33.5. The second-order valence-electron chi connectivity index (χ2n) is 14.8. The lowest BCUT2D eigenvalue weighted by molar-refractivity contribution is -0.121. The summed E-state index contributed by atoms with van der Waals surface area (Å²) in [4.78, 5) is 98.2. The zero-order chi connectivity index (χ0) is 44.4. The van der Waals surface area contributed by atoms with E-state index in [1.165, 1.54) is 54.7 Å². The number of amides is 8. The average molecular weight is 839 g/mol. The van der Waals surface area contributed by atoms with Crippen molar-refractivity contribution in [2.24, 2.45) is 0 Å². The Labute approximate surface area is 359 Å². The quantitative estimate of drug-likeness (QED) is 0.134. The number of rotatable bonds is 10. The number of ether oxygens (including phenoxy) is 2. The van der Waals surface area contributed by atoms with Gasteiger partial charge in [-0.3, -0.25) is 38.4 Å². The van der Waals surface area contributed by atoms with E-state index >= 15 is 0 Å². The normalized spacial score (nSPS) is 15.7. The lowest BCUT2D eigenvalue weighted by atomic mass is 9.78. The van der Waals surface area contributed by atoms with Crippen LogP contribution in [0, 0.1) is 0 Å². The molecule has 0 radical (unpaired) electrons. The van der Waals surface area contributed by atoms with Gasteiger partial charge >= 0.3 is 0 Å². The van der Waals surface area contributed by atoms with Crippen molar-refractivity contribution in [2.45, 2.75) is 19.3 Å². The second-order valence-corrected chi connectivity index (χ2v) is 14.8. The lowest BCUT2D eigenvalue weighted by Crippen LogP contribution is -2.31. The van der Waals surface area contributed by atoms with Crippen molar-refractivity contribution in [3.05, 3.63) is 181 Å². The molecule has 0 aliphatic carbocycles. The summed E-state index contributed by atoms with van der Waals surface area (Å²) >= 11 is 0. The van der Waals surface area contributed by atoms with Gasteiger partial charge in [0, 0.05) is 54.0 Å². The van der Waals surface area contributed by atoms with E-state index in [1.54, 1.807) is 66.7 Å². The summed E-state index contributed by atoms with van der Waals surface area (Å²) < 4.78 is 12.0. The molecule has 0 spiro atoms. The molecule has 0 bridgehead atoms. The van der Waals surface area contributed by atoms with Gasteiger partial charge in [0.2, 0.25) is 0 Å². The number of benzene rings is 5. The number of nitrogens with zero attached hydrogens (tertiary/aromatic N) is 4. The van der Waals surface area contributed by atoms with Gasteiger partial charge in [-0.15, -0.1) is 0 Å². The van der Waals surface area contributed by atoms with Crippen LogP contribution in [0.3, 0.4) is 0 Å². The van der Waals surface area contributed by atoms with E-state index in [-0.39, 0.29) is 29.0 Å². The third kappa shape index (κ3) is 8.36. The molecule has 4 heterocycles. The van der Waals surface area contributed by atoms with E-state index in [9.17, 15) is 38.4 Å². The number of carbonyl (C=O) groups is 8. The first-order valence-corrected chi connectivity index (χ1v) is 19.4. The van der Waals surface area contributed by atoms with Gasteiger partial charge in [-0.25, -0.2) is 19.6 Å². The van der Waals surface area contributed by atoms with Crippen LogP contribution in [0.2, 0.25) is 0 Å². The van der Waals surface area contributed by atoms with Gasteiger partial charge in [-0.05, 0) is 102 Å². The van der Waals surface area contributed by atoms with Crippen LogP contribution in [0.4, 0.5) is 22.7 Å². The summed E-state index contributed by atoms with van der Waals surface area (Å²) in [5.41, 5.74) is 3.50. The van der Waals surface area contributed by atoms with Gasteiger partial charge in [0.05, 0.1) is 22.7 Å². The number of imide groups is 4. The number of anilines is 4. The van der Waals surface area contributed by atoms with Gasteiger partial charge in [0.1, 0.15) is 23.0 Å². The third-order valence-corrected chi connectivity index (χ3v) is 10.4. The molecule has 63 heavy (non-hydrogen) atoms.